The van der Waals surface area contributed by atoms with Gasteiger partial charge in [-0.15, -0.1) is 0 Å². The van der Waals surface area contributed by atoms with Gasteiger partial charge in [0, 0.05) is 6.42 Å². The van der Waals surface area contributed by atoms with E-state index in [2.05, 4.69) is 0 Å². The molecule has 0 N–H and O–H groups in total. The Kier molecular flexibility index (Phi) is 3.74. The largest absolute Gasteiger partial charge is 0.294 e. The maximum Gasteiger partial charge on any atom is 0.170 e. The third-order valence-electron chi connectivity index (χ3n) is 3.08. The maximum atomic E-state index is 13.6. The molecule has 0 unspecified atom stereocenters. The average Bonchev–Trinajstić information content (AvgIpc) is 2.36. The van der Waals surface area contributed by atoms with Gasteiger partial charge in [-0.05, 0) is 49.2 Å². The highest BCUT2D eigenvalue weighted by Gasteiger charge is 2.14. The summed E-state index contributed by atoms with van der Waals surface area (Å²) in [5, 5.41) is 0. The predicted molar refractivity (Wildman–Crippen MR) is 70.3 cm³/mol. The lowest BCUT2D eigenvalue weighted by Gasteiger charge is -2.07. The monoisotopic (exact) mass is 260 g/mol. The van der Waals surface area contributed by atoms with E-state index in [0.29, 0.717) is 5.56 Å². The van der Waals surface area contributed by atoms with Gasteiger partial charge < -0.3 is 0 Å². The molecule has 0 bridgehead atoms. The molecule has 0 amide bonds. The summed E-state index contributed by atoms with van der Waals surface area (Å²) in [5.74, 6) is -1.27. The van der Waals surface area contributed by atoms with Crippen LogP contribution < -0.4 is 0 Å². The van der Waals surface area contributed by atoms with Crippen LogP contribution in [0.4, 0.5) is 8.78 Å². The number of benzene rings is 2. The smallest absolute Gasteiger partial charge is 0.170 e. The van der Waals surface area contributed by atoms with E-state index in [1.54, 1.807) is 26.0 Å². The van der Waals surface area contributed by atoms with Crippen LogP contribution in [0.2, 0.25) is 0 Å². The molecular weight excluding hydrogens is 246 g/mol. The van der Waals surface area contributed by atoms with E-state index in [1.807, 2.05) is 0 Å². The second kappa shape index (κ2) is 5.31. The zero-order valence-corrected chi connectivity index (χ0v) is 10.8. The maximum absolute atomic E-state index is 13.6. The molecule has 19 heavy (non-hydrogen) atoms. The number of carbonyl (C=O) groups is 1. The average molecular weight is 260 g/mol. The highest BCUT2D eigenvalue weighted by Crippen LogP contribution is 2.16. The van der Waals surface area contributed by atoms with E-state index >= 15 is 0 Å². The SMILES string of the molecule is Cc1ccc(F)c(C(=O)Cc2cc(F)ccc2C)c1. The van der Waals surface area contributed by atoms with Gasteiger partial charge >= 0.3 is 0 Å². The first kappa shape index (κ1) is 13.4. The van der Waals surface area contributed by atoms with Gasteiger partial charge in [-0.1, -0.05) is 17.7 Å². The Bertz CT molecular complexity index is 633. The molecule has 0 aliphatic rings. The highest BCUT2D eigenvalue weighted by molar-refractivity contribution is 5.98. The summed E-state index contributed by atoms with van der Waals surface area (Å²) in [6, 6.07) is 8.69. The third kappa shape index (κ3) is 3.05. The highest BCUT2D eigenvalue weighted by atomic mass is 19.1. The fourth-order valence-electron chi connectivity index (χ4n) is 1.95. The molecule has 0 fully saturated rings. The van der Waals surface area contributed by atoms with E-state index in [-0.39, 0.29) is 17.8 Å². The molecule has 0 aromatic heterocycles. The predicted octanol–water partition coefficient (Wildman–Crippen LogP) is 4.01. The fourth-order valence-corrected chi connectivity index (χ4v) is 1.95. The summed E-state index contributed by atoms with van der Waals surface area (Å²) in [7, 11) is 0. The van der Waals surface area contributed by atoms with Gasteiger partial charge in [0.05, 0.1) is 5.56 Å². The van der Waals surface area contributed by atoms with Gasteiger partial charge in [-0.3, -0.25) is 4.79 Å². The van der Waals surface area contributed by atoms with Crippen LogP contribution in [0.5, 0.6) is 0 Å². The number of hydrogen-bond acceptors (Lipinski definition) is 1. The van der Waals surface area contributed by atoms with Gasteiger partial charge in [0.25, 0.3) is 0 Å². The number of aryl methyl sites for hydroxylation is 2. The number of halogens is 2. The Balaban J connectivity index is 2.30. The van der Waals surface area contributed by atoms with E-state index in [4.69, 9.17) is 0 Å². The number of carbonyl (C=O) groups excluding carboxylic acids is 1. The molecule has 3 heteroatoms. The number of ketones is 1. The molecule has 2 rings (SSSR count). The zero-order chi connectivity index (χ0) is 14.0. The van der Waals surface area contributed by atoms with E-state index < -0.39 is 11.6 Å². The van der Waals surface area contributed by atoms with Crippen molar-refractivity contribution in [3.63, 3.8) is 0 Å². The fraction of sp³-hybridized carbons (Fsp3) is 0.188. The summed E-state index contributed by atoms with van der Waals surface area (Å²) < 4.78 is 26.8. The molecule has 0 saturated heterocycles. The molecule has 0 heterocycles. The van der Waals surface area contributed by atoms with Crippen molar-refractivity contribution >= 4 is 5.78 Å². The van der Waals surface area contributed by atoms with Gasteiger partial charge in [-0.25, -0.2) is 8.78 Å². The van der Waals surface area contributed by atoms with E-state index in [1.165, 1.54) is 24.3 Å². The van der Waals surface area contributed by atoms with Crippen molar-refractivity contribution in [2.45, 2.75) is 20.3 Å². The van der Waals surface area contributed by atoms with E-state index in [9.17, 15) is 13.6 Å². The van der Waals surface area contributed by atoms with Crippen LogP contribution in [0.3, 0.4) is 0 Å². The zero-order valence-electron chi connectivity index (χ0n) is 10.8. The molecule has 0 spiro atoms. The van der Waals surface area contributed by atoms with Crippen LogP contribution in [0, 0.1) is 25.5 Å². The number of rotatable bonds is 3. The van der Waals surface area contributed by atoms with E-state index in [0.717, 1.165) is 11.1 Å². The summed E-state index contributed by atoms with van der Waals surface area (Å²) in [6.07, 6.45) is 0.00394. The molecule has 2 aromatic rings. The van der Waals surface area contributed by atoms with Crippen LogP contribution in [0.15, 0.2) is 36.4 Å². The molecular formula is C16H14F2O. The standard InChI is InChI=1S/C16H14F2O/c1-10-3-6-15(18)14(7-10)16(19)9-12-8-13(17)5-4-11(12)2/h3-8H,9H2,1-2H3. The normalized spacial score (nSPS) is 10.5. The van der Waals surface area contributed by atoms with Crippen molar-refractivity contribution in [3.05, 3.63) is 70.3 Å². The Morgan fingerprint density at radius 2 is 1.79 bits per heavy atom. The topological polar surface area (TPSA) is 17.1 Å². The second-order valence-corrected chi connectivity index (χ2v) is 4.65. The number of Topliss-reactive ketones (excluding diaryl/α,β-unsaturated/α-hetero) is 1. The molecule has 0 radical (unpaired) electrons. The van der Waals surface area contributed by atoms with Crippen molar-refractivity contribution in [2.75, 3.05) is 0 Å². The lowest BCUT2D eigenvalue weighted by molar-refractivity contribution is 0.0989. The molecule has 1 nitrogen and oxygen atoms in total. The van der Waals surface area contributed by atoms with Crippen molar-refractivity contribution < 1.29 is 13.6 Å². The Labute approximate surface area is 110 Å². The minimum atomic E-state index is -0.537. The first-order valence-electron chi connectivity index (χ1n) is 6.02. The molecule has 2 aromatic carbocycles. The van der Waals surface area contributed by atoms with Crippen molar-refractivity contribution in [1.82, 2.24) is 0 Å². The second-order valence-electron chi connectivity index (χ2n) is 4.65. The minimum Gasteiger partial charge on any atom is -0.294 e. The first-order chi connectivity index (χ1) is 8.97. The minimum absolute atomic E-state index is 0.00394. The van der Waals surface area contributed by atoms with Gasteiger partial charge in [0.15, 0.2) is 5.78 Å². The Hall–Kier alpha value is -2.03. The summed E-state index contributed by atoms with van der Waals surface area (Å²) in [5.41, 5.74) is 2.29. The molecule has 0 aliphatic heterocycles. The lowest BCUT2D eigenvalue weighted by Crippen LogP contribution is -2.08. The van der Waals surface area contributed by atoms with Crippen LogP contribution in [0.1, 0.15) is 27.0 Å². The summed E-state index contributed by atoms with van der Waals surface area (Å²) in [4.78, 5) is 12.1. The number of hydrogen-bond donors (Lipinski definition) is 0. The Morgan fingerprint density at radius 3 is 2.53 bits per heavy atom. The first-order valence-corrected chi connectivity index (χ1v) is 6.02. The van der Waals surface area contributed by atoms with Crippen LogP contribution in [-0.2, 0) is 6.42 Å². The molecule has 0 atom stereocenters. The third-order valence-corrected chi connectivity index (χ3v) is 3.08. The molecule has 0 saturated carbocycles. The Morgan fingerprint density at radius 1 is 1.05 bits per heavy atom. The lowest BCUT2D eigenvalue weighted by atomic mass is 9.98. The van der Waals surface area contributed by atoms with Crippen LogP contribution in [0.25, 0.3) is 0 Å². The van der Waals surface area contributed by atoms with Crippen LogP contribution in [-0.4, -0.2) is 5.78 Å². The molecule has 98 valence electrons. The van der Waals surface area contributed by atoms with Gasteiger partial charge in [-0.2, -0.15) is 0 Å². The summed E-state index contributed by atoms with van der Waals surface area (Å²) >= 11 is 0. The van der Waals surface area contributed by atoms with Crippen molar-refractivity contribution in [1.29, 1.82) is 0 Å². The quantitative estimate of drug-likeness (QED) is 0.762. The van der Waals surface area contributed by atoms with Crippen molar-refractivity contribution in [2.24, 2.45) is 0 Å². The van der Waals surface area contributed by atoms with Crippen molar-refractivity contribution in [3.8, 4) is 0 Å². The van der Waals surface area contributed by atoms with Gasteiger partial charge in [0.2, 0.25) is 0 Å². The van der Waals surface area contributed by atoms with Gasteiger partial charge in [0.1, 0.15) is 11.6 Å². The van der Waals surface area contributed by atoms with Crippen LogP contribution >= 0.6 is 0 Å². The molecule has 0 aliphatic carbocycles. The summed E-state index contributed by atoms with van der Waals surface area (Å²) in [6.45, 7) is 3.60.